The Morgan fingerprint density at radius 2 is 0.523 bits per heavy atom. The summed E-state index contributed by atoms with van der Waals surface area (Å²) in [4.78, 5) is 10.4. The second-order valence-corrected chi connectivity index (χ2v) is 13.5. The standard InChI is InChI=1S/C32H7ClF28N4/c33-8-7-15-18(23(38,39)27(46,47)31(56,57)58)13-4-3-11(63-13)16(21(34,35)25(42,43)29(50,51)52)9-1-2-10(62-9)17(22(36,37)26(44,45)30(53,54)55)12-5-6-14(64-12)19(20(8)65-15)24(40,41)28(48,49)32(59,60)61/h1-7H. The lowest BCUT2D eigenvalue weighted by atomic mass is 9.95. The Morgan fingerprint density at radius 1 is 0.292 bits per heavy atom. The van der Waals surface area contributed by atoms with Crippen LogP contribution in [0, 0.1) is 0 Å². The topological polar surface area (TPSA) is 49.4 Å². The molecular weight excluding hydrogens is 1010 g/mol. The van der Waals surface area contributed by atoms with Crippen LogP contribution in [-0.2, 0) is 0 Å². The van der Waals surface area contributed by atoms with Gasteiger partial charge in [-0.25, -0.2) is 20.0 Å². The summed E-state index contributed by atoms with van der Waals surface area (Å²) in [5, 5.41) is -2.17. The SMILES string of the molecule is FC(F)(F)C(F)(F)C(F)(F)C1=C2C=CC(=N2)C(C(F)(F)C(F)(F)C(F)(F)F)=C2C=C(Cl)C(=N2)C(C(F)(F)C(F)(F)C(F)(F)F)=C2C=CC(=N2)C(C(F)(F)C(F)(F)C(F)(F)F)=C2C=CC1=N2. The van der Waals surface area contributed by atoms with Gasteiger partial charge in [0.05, 0.1) is 73.0 Å². The van der Waals surface area contributed by atoms with Crippen molar-refractivity contribution in [1.29, 1.82) is 0 Å². The first-order valence-electron chi connectivity index (χ1n) is 15.8. The van der Waals surface area contributed by atoms with Crippen molar-refractivity contribution >= 4 is 34.4 Å². The number of rotatable bonds is 8. The molecule has 0 saturated carbocycles. The number of nitrogens with zero attached hydrogens (tertiary/aromatic N) is 4. The highest BCUT2D eigenvalue weighted by atomic mass is 35.5. The number of allylic oxidation sites excluding steroid dienone is 12. The summed E-state index contributed by atoms with van der Waals surface area (Å²) in [6.45, 7) is 0. The van der Waals surface area contributed by atoms with Gasteiger partial charge in [-0.15, -0.1) is 0 Å². The minimum atomic E-state index is -7.60. The Balaban J connectivity index is 2.12. The number of hydrogen-bond donors (Lipinski definition) is 0. The third-order valence-electron chi connectivity index (χ3n) is 8.93. The summed E-state index contributed by atoms with van der Waals surface area (Å²) in [5.74, 6) is -58.8. The summed E-state index contributed by atoms with van der Waals surface area (Å²) in [6, 6.07) is 0. The molecule has 5 aliphatic heterocycles. The quantitative estimate of drug-likeness (QED) is 0.218. The van der Waals surface area contributed by atoms with Gasteiger partial charge in [-0.2, -0.15) is 123 Å². The molecule has 0 saturated heterocycles. The lowest BCUT2D eigenvalue weighted by molar-refractivity contribution is -0.343. The first kappa shape index (κ1) is 50.9. The molecular formula is C32H7ClF28N4. The summed E-state index contributed by atoms with van der Waals surface area (Å²) in [7, 11) is 0. The monoisotopic (exact) mass is 1010 g/mol. The lowest BCUT2D eigenvalue weighted by Gasteiger charge is -2.31. The predicted octanol–water partition coefficient (Wildman–Crippen LogP) is 13.0. The van der Waals surface area contributed by atoms with Crippen LogP contribution in [0.2, 0.25) is 0 Å². The Morgan fingerprint density at radius 3 is 0.785 bits per heavy atom. The fraction of sp³-hybridized carbons (Fsp3) is 0.375. The van der Waals surface area contributed by atoms with Crippen LogP contribution in [0.5, 0.6) is 0 Å². The van der Waals surface area contributed by atoms with Crippen molar-refractivity contribution in [2.45, 2.75) is 72.1 Å². The molecule has 0 aromatic rings. The highest BCUT2D eigenvalue weighted by Crippen LogP contribution is 2.58. The maximum atomic E-state index is 15.7. The van der Waals surface area contributed by atoms with Crippen molar-refractivity contribution in [3.05, 3.63) is 92.6 Å². The van der Waals surface area contributed by atoms with E-state index in [1.54, 1.807) is 0 Å². The summed E-state index contributed by atoms with van der Waals surface area (Å²) in [5.41, 5.74) is -33.5. The average molecular weight is 1010 g/mol. The van der Waals surface area contributed by atoms with Gasteiger partial charge >= 0.3 is 72.1 Å². The van der Waals surface area contributed by atoms with Crippen LogP contribution in [0.3, 0.4) is 0 Å². The minimum Gasteiger partial charge on any atom is -0.248 e. The molecule has 4 nitrogen and oxygen atoms in total. The van der Waals surface area contributed by atoms with Crippen LogP contribution in [0.25, 0.3) is 0 Å². The molecule has 0 unspecified atom stereocenters. The van der Waals surface area contributed by atoms with Gasteiger partial charge in [0, 0.05) is 0 Å². The highest BCUT2D eigenvalue weighted by molar-refractivity contribution is 6.48. The van der Waals surface area contributed by atoms with E-state index in [0.29, 0.717) is 0 Å². The van der Waals surface area contributed by atoms with Crippen molar-refractivity contribution in [3.8, 4) is 0 Å². The second-order valence-electron chi connectivity index (χ2n) is 13.1. The smallest absolute Gasteiger partial charge is 0.248 e. The van der Waals surface area contributed by atoms with Gasteiger partial charge in [-0.1, -0.05) is 11.6 Å². The zero-order chi connectivity index (χ0) is 50.3. The molecule has 5 heterocycles. The molecule has 8 bridgehead atoms. The average Bonchev–Trinajstić information content (AvgIpc) is 3.93. The molecule has 0 amide bonds. The largest absolute Gasteiger partial charge is 0.460 e. The van der Waals surface area contributed by atoms with E-state index in [-0.39, 0.29) is 0 Å². The van der Waals surface area contributed by atoms with E-state index in [1.165, 1.54) is 0 Å². The minimum absolute atomic E-state index is 0.542. The number of hydrogen-bond acceptors (Lipinski definition) is 4. The zero-order valence-electron chi connectivity index (χ0n) is 29.3. The van der Waals surface area contributed by atoms with E-state index in [2.05, 4.69) is 20.0 Å². The van der Waals surface area contributed by atoms with Gasteiger partial charge in [0.15, 0.2) is 0 Å². The summed E-state index contributed by atoms with van der Waals surface area (Å²) >= 11 is 5.56. The molecule has 0 atom stereocenters. The Kier molecular flexibility index (Phi) is 11.3. The number of halogens is 29. The molecule has 65 heavy (non-hydrogen) atoms. The normalized spacial score (nSPS) is 20.1. The Labute approximate surface area is 342 Å². The first-order chi connectivity index (χ1) is 28.8. The molecule has 0 spiro atoms. The van der Waals surface area contributed by atoms with Gasteiger partial charge in [0.25, 0.3) is 0 Å². The maximum Gasteiger partial charge on any atom is 0.460 e. The van der Waals surface area contributed by atoms with Crippen LogP contribution >= 0.6 is 11.6 Å². The van der Waals surface area contributed by atoms with E-state index < -0.39 is 188 Å². The van der Waals surface area contributed by atoms with Crippen molar-refractivity contribution in [2.75, 3.05) is 0 Å². The van der Waals surface area contributed by atoms with Crippen molar-refractivity contribution in [1.82, 2.24) is 0 Å². The summed E-state index contributed by atoms with van der Waals surface area (Å²) in [6.07, 6.45) is -34.1. The van der Waals surface area contributed by atoms with E-state index in [0.717, 1.165) is 0 Å². The number of alkyl halides is 28. The first-order valence-corrected chi connectivity index (χ1v) is 16.2. The van der Waals surface area contributed by atoms with Crippen LogP contribution in [0.1, 0.15) is 0 Å². The van der Waals surface area contributed by atoms with Crippen molar-refractivity contribution < 1.29 is 123 Å². The molecule has 0 aliphatic carbocycles. The molecule has 0 aromatic carbocycles. The lowest BCUT2D eigenvalue weighted by Crippen LogP contribution is -2.54. The van der Waals surface area contributed by atoms with Gasteiger partial charge in [-0.05, 0) is 42.5 Å². The van der Waals surface area contributed by atoms with Gasteiger partial charge < -0.3 is 0 Å². The van der Waals surface area contributed by atoms with Crippen LogP contribution < -0.4 is 0 Å². The molecule has 5 rings (SSSR count). The van der Waals surface area contributed by atoms with E-state index in [9.17, 15) is 87.8 Å². The van der Waals surface area contributed by atoms with Gasteiger partial charge in [0.2, 0.25) is 0 Å². The molecule has 33 heteroatoms. The third kappa shape index (κ3) is 7.28. The van der Waals surface area contributed by atoms with Crippen LogP contribution in [0.15, 0.2) is 113 Å². The fourth-order valence-corrected chi connectivity index (χ4v) is 5.99. The van der Waals surface area contributed by atoms with E-state index in [4.69, 9.17) is 11.6 Å². The molecule has 0 radical (unpaired) electrons. The van der Waals surface area contributed by atoms with E-state index in [1.807, 2.05) is 0 Å². The molecule has 0 N–H and O–H groups in total. The van der Waals surface area contributed by atoms with Crippen LogP contribution in [0.4, 0.5) is 123 Å². The van der Waals surface area contributed by atoms with Gasteiger partial charge in [-0.3, -0.25) is 0 Å². The maximum absolute atomic E-state index is 15.7. The second kappa shape index (κ2) is 14.5. The predicted molar refractivity (Wildman–Crippen MR) is 163 cm³/mol. The Hall–Kier alpha value is -5.07. The molecule has 5 aliphatic rings. The number of aliphatic imine (C=N–C) groups is 4. The molecule has 358 valence electrons. The van der Waals surface area contributed by atoms with Crippen molar-refractivity contribution in [3.63, 3.8) is 0 Å². The molecule has 0 fully saturated rings. The van der Waals surface area contributed by atoms with Crippen LogP contribution in [-0.4, -0.2) is 94.9 Å². The Bertz CT molecular complexity index is 2410. The third-order valence-corrected chi connectivity index (χ3v) is 9.22. The van der Waals surface area contributed by atoms with Gasteiger partial charge in [0.1, 0.15) is 0 Å². The van der Waals surface area contributed by atoms with Crippen molar-refractivity contribution in [2.24, 2.45) is 20.0 Å². The number of fused-ring (bicyclic) bond motifs is 4. The zero-order valence-corrected chi connectivity index (χ0v) is 30.0. The van der Waals surface area contributed by atoms with E-state index >= 15 is 35.1 Å². The highest BCUT2D eigenvalue weighted by Gasteiger charge is 2.79. The fourth-order valence-electron chi connectivity index (χ4n) is 5.75. The molecule has 0 aromatic heterocycles. The summed E-state index contributed by atoms with van der Waals surface area (Å²) < 4.78 is 403.